The van der Waals surface area contributed by atoms with Crippen LogP contribution >= 0.6 is 0 Å². The molecule has 1 saturated carbocycles. The Morgan fingerprint density at radius 3 is 2.19 bits per heavy atom. The first kappa shape index (κ1) is 44.1. The molecule has 0 radical (unpaired) electrons. The molecule has 3 fully saturated rings. The van der Waals surface area contributed by atoms with Crippen molar-refractivity contribution in [2.45, 2.75) is 90.4 Å². The van der Waals surface area contributed by atoms with Crippen LogP contribution in [-0.2, 0) is 23.8 Å². The van der Waals surface area contributed by atoms with E-state index in [1.54, 1.807) is 12.0 Å². The zero-order chi connectivity index (χ0) is 44.3. The lowest BCUT2D eigenvalue weighted by Gasteiger charge is -2.34. The van der Waals surface area contributed by atoms with Gasteiger partial charge in [-0.25, -0.2) is 14.8 Å². The second-order valence-corrected chi connectivity index (χ2v) is 17.9. The molecule has 4 atom stereocenters. The smallest absolute Gasteiger partial charge is 0.407 e. The summed E-state index contributed by atoms with van der Waals surface area (Å²) in [6.07, 6.45) is 8.68. The van der Waals surface area contributed by atoms with Gasteiger partial charge in [0.2, 0.25) is 11.8 Å². The number of imidazole rings is 2. The number of amides is 3. The number of nitrogens with one attached hydrogen (secondary N) is 4. The highest BCUT2D eigenvalue weighted by Crippen LogP contribution is 2.58. The Kier molecular flexibility index (Phi) is 13.3. The summed E-state index contributed by atoms with van der Waals surface area (Å²) in [6.45, 7) is 10.7. The fraction of sp³-hybridized carbons (Fsp3) is 0.490. The normalized spacial score (nSPS) is 18.7. The molecule has 3 amide bonds. The van der Waals surface area contributed by atoms with Gasteiger partial charge in [-0.2, -0.15) is 0 Å². The Labute approximate surface area is 369 Å². The zero-order valence-corrected chi connectivity index (χ0v) is 37.4. The maximum absolute atomic E-state index is 14.3. The quantitative estimate of drug-likeness (QED) is 0.0719. The van der Waals surface area contributed by atoms with Crippen LogP contribution < -0.4 is 10.6 Å². The summed E-state index contributed by atoms with van der Waals surface area (Å²) in [4.78, 5) is 60.7. The fourth-order valence-corrected chi connectivity index (χ4v) is 9.64. The number of carbonyl (C=O) groups excluding carboxylic acids is 3. The summed E-state index contributed by atoms with van der Waals surface area (Å²) >= 11 is 0. The number of ether oxygens (including phenoxy) is 3. The van der Waals surface area contributed by atoms with Gasteiger partial charge in [0.25, 0.3) is 0 Å². The van der Waals surface area contributed by atoms with Gasteiger partial charge in [0, 0.05) is 39.0 Å². The average Bonchev–Trinajstić information content (AvgIpc) is 3.63. The molecule has 1 aliphatic carbocycles. The highest BCUT2D eigenvalue weighted by Gasteiger charge is 2.55. The number of hydrogen-bond donors (Lipinski definition) is 4. The number of nitrogens with zero attached hydrogens (tertiary/aromatic N) is 4. The molecule has 2 saturated heterocycles. The number of fused-ring (bicyclic) bond motifs is 1. The lowest BCUT2D eigenvalue weighted by atomic mass is 9.90. The number of aromatic amines is 2. The van der Waals surface area contributed by atoms with E-state index < -0.39 is 12.1 Å². The van der Waals surface area contributed by atoms with Crippen molar-refractivity contribution in [1.82, 2.24) is 40.4 Å². The Bertz CT molecular complexity index is 2380. The third kappa shape index (κ3) is 9.39. The number of methoxy groups -OCH3 is 2. The summed E-state index contributed by atoms with van der Waals surface area (Å²) in [5.74, 6) is 1.59. The first-order valence-electron chi connectivity index (χ1n) is 22.6. The van der Waals surface area contributed by atoms with E-state index in [1.807, 2.05) is 40.1 Å². The number of rotatable bonds is 16. The van der Waals surface area contributed by atoms with Gasteiger partial charge in [0.1, 0.15) is 17.7 Å². The monoisotopic (exact) mass is 858 g/mol. The molecule has 8 rings (SSSR count). The van der Waals surface area contributed by atoms with Crippen molar-refractivity contribution in [3.63, 3.8) is 0 Å². The second-order valence-electron chi connectivity index (χ2n) is 17.9. The Hall–Kier alpha value is -5.57. The molecule has 2 aliphatic heterocycles. The van der Waals surface area contributed by atoms with E-state index in [-0.39, 0.29) is 47.2 Å². The van der Waals surface area contributed by atoms with Gasteiger partial charge in [-0.15, -0.1) is 0 Å². The summed E-state index contributed by atoms with van der Waals surface area (Å²) in [6, 6.07) is 20.0. The van der Waals surface area contributed by atoms with Gasteiger partial charge in [0.15, 0.2) is 0 Å². The van der Waals surface area contributed by atoms with Crippen molar-refractivity contribution in [2.24, 2.45) is 17.3 Å². The topological polar surface area (TPSA) is 167 Å². The molecule has 3 aromatic carbocycles. The number of benzene rings is 3. The number of alkyl carbamates (subject to hydrolysis) is 1. The maximum Gasteiger partial charge on any atom is 0.407 e. The molecule has 334 valence electrons. The van der Waals surface area contributed by atoms with E-state index in [4.69, 9.17) is 24.2 Å². The van der Waals surface area contributed by atoms with Crippen LogP contribution in [0.5, 0.6) is 0 Å². The molecule has 14 heteroatoms. The first-order chi connectivity index (χ1) is 30.5. The van der Waals surface area contributed by atoms with Gasteiger partial charge in [-0.05, 0) is 102 Å². The standard InChI is InChI=1S/C49H62N8O6/c1-7-40(56(8-2)46(58)42(30(3)4)55-48(60)62-6)44-50-26-38(53-44)32-11-9-31(10-12-32)34-13-14-36-24-37(16-15-35(36)23-34)39-27-51-45(54-39)41-25-49(19-20-49)28-57(41)47(59)43(52-29-61-5)33-17-21-63-22-18-33/h9-16,23-24,26-27,30,33,40-43,52H,7-8,17-22,25,28-29H2,1-6H3,(H,50,53)(H,51,54)(H,55,60)/t40-,41-,42-,43-/m0/s1. The van der Waals surface area contributed by atoms with Crippen LogP contribution in [0.1, 0.15) is 90.0 Å². The summed E-state index contributed by atoms with van der Waals surface area (Å²) < 4.78 is 15.8. The molecule has 4 heterocycles. The third-order valence-electron chi connectivity index (χ3n) is 13.5. The van der Waals surface area contributed by atoms with Crippen molar-refractivity contribution in [3.05, 3.63) is 84.7 Å². The van der Waals surface area contributed by atoms with E-state index in [9.17, 15) is 14.4 Å². The van der Waals surface area contributed by atoms with Crippen LogP contribution in [0.4, 0.5) is 4.79 Å². The Morgan fingerprint density at radius 1 is 0.889 bits per heavy atom. The molecular formula is C49H62N8O6. The number of H-pyrrole nitrogens is 2. The molecule has 2 aromatic heterocycles. The lowest BCUT2D eigenvalue weighted by Crippen LogP contribution is -2.52. The van der Waals surface area contributed by atoms with Gasteiger partial charge in [0.05, 0.1) is 55.7 Å². The summed E-state index contributed by atoms with van der Waals surface area (Å²) in [7, 11) is 2.95. The SMILES string of the molecule is CC[C@@H](c1ncc(-c2ccc(-c3ccc4cc(-c5cnc([C@@H]6CC7(CC7)CN6C(=O)[C@@H](NCOC)C6CCOCC6)[nH]5)ccc4c3)cc2)[nH]1)N(CC)C(=O)[C@@H](NC(=O)OC)C(C)C. The highest BCUT2D eigenvalue weighted by atomic mass is 16.5. The number of likely N-dealkylation sites (N-methyl/N-ethyl adjacent to an activating group) is 1. The van der Waals surface area contributed by atoms with Crippen molar-refractivity contribution in [1.29, 1.82) is 0 Å². The molecule has 14 nitrogen and oxygen atoms in total. The second kappa shape index (κ2) is 19.0. The van der Waals surface area contributed by atoms with Crippen molar-refractivity contribution < 1.29 is 28.6 Å². The fourth-order valence-electron chi connectivity index (χ4n) is 9.64. The minimum absolute atomic E-state index is 0.0960. The molecular weight excluding hydrogens is 797 g/mol. The zero-order valence-electron chi connectivity index (χ0n) is 37.4. The van der Waals surface area contributed by atoms with Crippen molar-refractivity contribution >= 4 is 28.7 Å². The van der Waals surface area contributed by atoms with Gasteiger partial charge < -0.3 is 39.3 Å². The van der Waals surface area contributed by atoms with Gasteiger partial charge >= 0.3 is 6.09 Å². The lowest BCUT2D eigenvalue weighted by molar-refractivity contribution is -0.138. The minimum atomic E-state index is -0.719. The predicted molar refractivity (Wildman–Crippen MR) is 242 cm³/mol. The minimum Gasteiger partial charge on any atom is -0.453 e. The molecule has 4 N–H and O–H groups in total. The third-order valence-corrected chi connectivity index (χ3v) is 13.5. The van der Waals surface area contributed by atoms with Crippen LogP contribution in [0.3, 0.4) is 0 Å². The number of hydrogen-bond acceptors (Lipinski definition) is 9. The largest absolute Gasteiger partial charge is 0.453 e. The van der Waals surface area contributed by atoms with Crippen LogP contribution in [-0.4, -0.2) is 107 Å². The van der Waals surface area contributed by atoms with E-state index >= 15 is 0 Å². The molecule has 0 bridgehead atoms. The van der Waals surface area contributed by atoms with Crippen molar-refractivity contribution in [2.75, 3.05) is 47.3 Å². The van der Waals surface area contributed by atoms with Gasteiger partial charge in [-0.3, -0.25) is 14.9 Å². The molecule has 63 heavy (non-hydrogen) atoms. The molecule has 3 aliphatic rings. The predicted octanol–water partition coefficient (Wildman–Crippen LogP) is 8.01. The van der Waals surface area contributed by atoms with Crippen molar-refractivity contribution in [3.8, 4) is 33.6 Å². The Balaban J connectivity index is 0.955. The summed E-state index contributed by atoms with van der Waals surface area (Å²) in [5, 5.41) is 8.37. The van der Waals surface area contributed by atoms with E-state index in [2.05, 4.69) is 86.2 Å². The Morgan fingerprint density at radius 2 is 1.54 bits per heavy atom. The van der Waals surface area contributed by atoms with Crippen LogP contribution in [0.2, 0.25) is 0 Å². The number of likely N-dealkylation sites (tertiary alicyclic amines) is 1. The molecule has 0 unspecified atom stereocenters. The van der Waals surface area contributed by atoms with E-state index in [0.717, 1.165) is 88.9 Å². The van der Waals surface area contributed by atoms with Gasteiger partial charge in [-0.1, -0.05) is 69.3 Å². The van der Waals surface area contributed by atoms with E-state index in [1.165, 1.54) is 7.11 Å². The number of carbonyl (C=O) groups is 3. The van der Waals surface area contributed by atoms with E-state index in [0.29, 0.717) is 38.7 Å². The van der Waals surface area contributed by atoms with Crippen LogP contribution in [0, 0.1) is 17.3 Å². The first-order valence-corrected chi connectivity index (χ1v) is 22.6. The van der Waals surface area contributed by atoms with Crippen LogP contribution in [0.25, 0.3) is 44.4 Å². The number of aromatic nitrogens is 4. The summed E-state index contributed by atoms with van der Waals surface area (Å²) in [5.41, 5.74) is 6.22. The molecule has 5 aromatic rings. The molecule has 1 spiro atoms. The average molecular weight is 859 g/mol. The maximum atomic E-state index is 14.3. The highest BCUT2D eigenvalue weighted by molar-refractivity contribution is 5.91. The van der Waals surface area contributed by atoms with Crippen LogP contribution in [0.15, 0.2) is 73.1 Å².